The van der Waals surface area contributed by atoms with E-state index < -0.39 is 17.3 Å². The van der Waals surface area contributed by atoms with E-state index in [-0.39, 0.29) is 191 Å². The van der Waals surface area contributed by atoms with E-state index in [4.69, 9.17) is 9.47 Å². The second kappa shape index (κ2) is 23.2. The molecule has 14 atom stereocenters. The number of fused-ring (bicyclic) bond motifs is 9. The molecule has 0 aromatic carbocycles. The number of ketones is 3. The number of alkyl halides is 1. The van der Waals surface area contributed by atoms with Gasteiger partial charge in [-0.3, -0.25) is 28.8 Å². The molecule has 7 saturated carbocycles. The predicted octanol–water partition coefficient (Wildman–Crippen LogP) is 11.1. The van der Waals surface area contributed by atoms with Gasteiger partial charge in [-0.15, -0.1) is 16.2 Å². The molecule has 0 spiro atoms. The molecule has 10 nitrogen and oxygen atoms in total. The summed E-state index contributed by atoms with van der Waals surface area (Å²) in [7, 11) is 0. The van der Waals surface area contributed by atoms with Crippen LogP contribution in [-0.2, 0) is 136 Å². The van der Waals surface area contributed by atoms with Crippen molar-refractivity contribution in [1.29, 1.82) is 0 Å². The molecule has 2 N–H and O–H groups in total. The van der Waals surface area contributed by atoms with Crippen LogP contribution < -0.4 is 0 Å². The molecule has 11 rings (SSSR count). The summed E-state index contributed by atoms with van der Waals surface area (Å²) in [4.78, 5) is 75.3. The smallest absolute Gasteiger partial charge is 0.315 e. The van der Waals surface area contributed by atoms with E-state index in [1.54, 1.807) is 0 Å². The van der Waals surface area contributed by atoms with Gasteiger partial charge in [0.05, 0.1) is 23.9 Å². The van der Waals surface area contributed by atoms with Gasteiger partial charge in [0.15, 0.2) is 0 Å². The topological polar surface area (TPSA) is 161 Å². The predicted molar refractivity (Wildman–Crippen MR) is 258 cm³/mol. The quantitative estimate of drug-likeness (QED) is 0.118. The van der Waals surface area contributed by atoms with Crippen molar-refractivity contribution in [3.63, 3.8) is 0 Å². The molecule has 0 bridgehead atoms. The average molecular weight is 1290 g/mol. The Hall–Kier alpha value is 0.902. The van der Waals surface area contributed by atoms with Crippen molar-refractivity contribution in [3.8, 4) is 0 Å². The van der Waals surface area contributed by atoms with Gasteiger partial charge in [-0.1, -0.05) is 114 Å². The summed E-state index contributed by atoms with van der Waals surface area (Å²) in [6.45, 7) is 13.2. The second-order valence-corrected chi connectivity index (χ2v) is 23.8. The van der Waals surface area contributed by atoms with Gasteiger partial charge in [0.2, 0.25) is 0 Å². The monoisotopic (exact) mass is 1290 g/mol. The first-order valence-corrected chi connectivity index (χ1v) is 27.6. The van der Waals surface area contributed by atoms with Crippen molar-refractivity contribution < 1.29 is 147 Å². The molecule has 11 aliphatic rings. The number of carboxylic acid groups (broad SMARTS) is 1. The molecule has 14 unspecified atom stereocenters. The molecule has 375 valence electrons. The fourth-order valence-corrected chi connectivity index (χ4v) is 15.9. The number of carbonyl (C=O) groups excluding carboxylic acids is 5. The number of aliphatic hydroxyl groups excluding tert-OH is 1. The molecular formula is C55H76IO10Y3-3. The molecule has 2 saturated heterocycles. The average Bonchev–Trinajstić information content (AvgIpc) is 4.00. The zero-order valence-electron chi connectivity index (χ0n) is 42.5. The van der Waals surface area contributed by atoms with E-state index in [1.165, 1.54) is 17.6 Å². The molecule has 2 aliphatic heterocycles. The van der Waals surface area contributed by atoms with E-state index in [2.05, 4.69) is 76.5 Å². The maximum absolute atomic E-state index is 13.1. The number of halogens is 1. The molecule has 0 aromatic rings. The van der Waals surface area contributed by atoms with Crippen LogP contribution in [0.25, 0.3) is 0 Å². The number of ether oxygens (including phenoxy) is 2. The molecule has 0 amide bonds. The van der Waals surface area contributed by atoms with E-state index in [9.17, 15) is 39.0 Å². The third kappa shape index (κ3) is 10.9. The Morgan fingerprint density at radius 2 is 1.04 bits per heavy atom. The van der Waals surface area contributed by atoms with Gasteiger partial charge in [-0.2, -0.15) is 19.3 Å². The standard InChI is InChI=1S/C18H25O4.C18H25O3.C18H23O3.CH3I.3Y/c1-17-7-3-4-12(17)15(20)13(6-8-17)18(2)9-5-11(19)10-14(18)16(21)22;2*1-17-7-3-4-12(17)15-13(6-8-17)18(2)9-5-11(19)10-14(18)16(20)21-15;1-2;;;/h7,12-14H,3-6,8-10H2,1-2H3,(H,21,22);7,11,13-14,19H,3-6,8-10H2,1-2H3;7,13-14H,3-6,8-10H2,1-2H3;1H3;;;/q3*-1;;;;. The van der Waals surface area contributed by atoms with Gasteiger partial charge in [0.25, 0.3) is 0 Å². The van der Waals surface area contributed by atoms with Gasteiger partial charge in [0, 0.05) is 142 Å². The van der Waals surface area contributed by atoms with Crippen LogP contribution in [0.15, 0.2) is 22.7 Å². The van der Waals surface area contributed by atoms with Crippen molar-refractivity contribution in [2.24, 2.45) is 73.9 Å². The van der Waals surface area contributed by atoms with Crippen LogP contribution in [-0.4, -0.2) is 56.5 Å². The van der Waals surface area contributed by atoms with Crippen LogP contribution in [0.5, 0.6) is 0 Å². The number of esters is 2. The van der Waals surface area contributed by atoms with Gasteiger partial charge >= 0.3 is 17.9 Å². The van der Waals surface area contributed by atoms with Crippen molar-refractivity contribution in [2.45, 2.75) is 182 Å². The first-order chi connectivity index (χ1) is 31.2. The van der Waals surface area contributed by atoms with E-state index >= 15 is 0 Å². The Labute approximate surface area is 501 Å². The Morgan fingerprint density at radius 3 is 1.59 bits per heavy atom. The number of rotatable bonds is 2. The van der Waals surface area contributed by atoms with Crippen LogP contribution in [0.3, 0.4) is 0 Å². The van der Waals surface area contributed by atoms with Gasteiger partial charge in [-0.05, 0) is 78.5 Å². The molecule has 69 heavy (non-hydrogen) atoms. The molecule has 2 heterocycles. The summed E-state index contributed by atoms with van der Waals surface area (Å²) in [5.41, 5.74) is 2.40. The minimum Gasteiger partial charge on any atom is -0.481 e. The number of aliphatic carboxylic acids is 1. The number of Topliss-reactive ketones (excluding diaryl/α,β-unsaturated/α-hetero) is 3. The molecule has 3 radical (unpaired) electrons. The van der Waals surface area contributed by atoms with E-state index in [1.807, 2.05) is 11.9 Å². The number of hydrogen-bond donors (Lipinski definition) is 2. The van der Waals surface area contributed by atoms with Crippen LogP contribution in [0.2, 0.25) is 0 Å². The molecule has 0 aromatic heterocycles. The molecule has 14 heteroatoms. The van der Waals surface area contributed by atoms with Crippen molar-refractivity contribution in [2.75, 3.05) is 4.93 Å². The number of carboxylic acids is 1. The maximum Gasteiger partial charge on any atom is 0.315 e. The van der Waals surface area contributed by atoms with Crippen molar-refractivity contribution in [1.82, 2.24) is 0 Å². The molecule has 9 fully saturated rings. The van der Waals surface area contributed by atoms with Gasteiger partial charge in [-0.25, -0.2) is 0 Å². The van der Waals surface area contributed by atoms with Crippen LogP contribution >= 0.6 is 22.6 Å². The first-order valence-electron chi connectivity index (χ1n) is 25.5. The Kier molecular flexibility index (Phi) is 20.5. The maximum atomic E-state index is 13.1. The van der Waals surface area contributed by atoms with Gasteiger partial charge in [0.1, 0.15) is 28.9 Å². The van der Waals surface area contributed by atoms with Crippen LogP contribution in [0.4, 0.5) is 0 Å². The summed E-state index contributed by atoms with van der Waals surface area (Å²) in [5, 5.41) is 19.5. The van der Waals surface area contributed by atoms with Crippen LogP contribution in [0, 0.1) is 93.2 Å². The zero-order valence-corrected chi connectivity index (χ0v) is 53.1. The summed E-state index contributed by atoms with van der Waals surface area (Å²) in [6, 6.07) is 0. The fraction of sp³-hybridized carbons (Fsp3) is 0.764. The zero-order chi connectivity index (χ0) is 47.8. The first kappa shape index (κ1) is 60.8. The van der Waals surface area contributed by atoms with Crippen LogP contribution in [0.1, 0.15) is 176 Å². The number of aliphatic hydroxyl groups is 1. The summed E-state index contributed by atoms with van der Waals surface area (Å²) in [5.74, 6) is 0.838. The van der Waals surface area contributed by atoms with Gasteiger partial charge < -0.3 is 38.9 Å². The number of hydrogen-bond acceptors (Lipinski definition) is 9. The fourth-order valence-electron chi connectivity index (χ4n) is 15.9. The molecule has 9 aliphatic carbocycles. The van der Waals surface area contributed by atoms with E-state index in [0.29, 0.717) is 43.9 Å². The summed E-state index contributed by atoms with van der Waals surface area (Å²) >= 11 is 2.15. The third-order valence-corrected chi connectivity index (χ3v) is 20.3. The minimum atomic E-state index is -0.922. The molecular weight excluding hydrogens is 1210 g/mol. The Balaban J connectivity index is 0.000000186. The summed E-state index contributed by atoms with van der Waals surface area (Å²) in [6.07, 6.45) is 24.4. The minimum absolute atomic E-state index is 0. The number of carbonyl (C=O) groups is 6. The largest absolute Gasteiger partial charge is 0.481 e. The summed E-state index contributed by atoms with van der Waals surface area (Å²) < 4.78 is 11.7. The Bertz CT molecular complexity index is 2090. The van der Waals surface area contributed by atoms with E-state index in [0.717, 1.165) is 101 Å². The van der Waals surface area contributed by atoms with Crippen molar-refractivity contribution >= 4 is 57.8 Å². The third-order valence-electron chi connectivity index (χ3n) is 20.3. The Morgan fingerprint density at radius 1 is 0.551 bits per heavy atom. The number of allylic oxidation sites excluding steroid dienone is 4. The SMILES string of the molecule is CC12[CH-]CCC1=C1OC(=O)C3CC(=O)CCC3(C)C1CC2.CC12[CH-]CCC1=C1OC(=O)C3CC(O)CCC3(C)C1CC2.CC12[CH-]CCC1C(=O)C(C1(C)CCC(=O)CC1C(=O)O)CC2.CI.[Y].[Y].[Y]. The van der Waals surface area contributed by atoms with Crippen molar-refractivity contribution in [3.05, 3.63) is 41.9 Å². The normalized spacial score (nSPS) is 43.6. The second-order valence-electron chi connectivity index (χ2n) is 23.8.